The Balaban J connectivity index is 2.89. The van der Waals surface area contributed by atoms with Crippen LogP contribution in [0.3, 0.4) is 0 Å². The van der Waals surface area contributed by atoms with Gasteiger partial charge in [-0.2, -0.15) is 8.78 Å². The maximum absolute atomic E-state index is 12.3. The molecule has 1 aromatic carbocycles. The Morgan fingerprint density at radius 2 is 2.16 bits per heavy atom. The molecule has 1 unspecified atom stereocenters. The predicted molar refractivity (Wildman–Crippen MR) is 69.3 cm³/mol. The third-order valence-corrected chi connectivity index (χ3v) is 2.64. The third kappa shape index (κ3) is 4.48. The molecule has 1 rings (SSSR count). The molecule has 0 aliphatic heterocycles. The first-order chi connectivity index (χ1) is 8.95. The van der Waals surface area contributed by atoms with Crippen LogP contribution in [0.1, 0.15) is 25.3 Å². The van der Waals surface area contributed by atoms with Gasteiger partial charge in [-0.3, -0.25) is 4.79 Å². The van der Waals surface area contributed by atoms with Crippen molar-refractivity contribution in [3.8, 4) is 5.75 Å². The third-order valence-electron chi connectivity index (χ3n) is 2.64. The van der Waals surface area contributed by atoms with E-state index in [4.69, 9.17) is 5.73 Å². The highest BCUT2D eigenvalue weighted by atomic mass is 19.3. The van der Waals surface area contributed by atoms with Crippen molar-refractivity contribution in [1.29, 1.82) is 0 Å². The van der Waals surface area contributed by atoms with Crippen LogP contribution in [-0.2, 0) is 4.79 Å². The highest BCUT2D eigenvalue weighted by Gasteiger charge is 2.17. The molecule has 0 radical (unpaired) electrons. The van der Waals surface area contributed by atoms with E-state index in [2.05, 4.69) is 10.1 Å². The van der Waals surface area contributed by atoms with E-state index in [-0.39, 0.29) is 11.4 Å². The van der Waals surface area contributed by atoms with Crippen molar-refractivity contribution in [2.75, 3.05) is 5.32 Å². The fourth-order valence-corrected chi connectivity index (χ4v) is 1.65. The zero-order valence-corrected chi connectivity index (χ0v) is 11.0. The molecule has 4 nitrogen and oxygen atoms in total. The summed E-state index contributed by atoms with van der Waals surface area (Å²) in [5, 5.41) is 2.55. The van der Waals surface area contributed by atoms with Gasteiger partial charge in [0.25, 0.3) is 0 Å². The summed E-state index contributed by atoms with van der Waals surface area (Å²) in [7, 11) is 0. The van der Waals surface area contributed by atoms with Crippen molar-refractivity contribution < 1.29 is 18.3 Å². The number of hydrogen-bond donors (Lipinski definition) is 2. The van der Waals surface area contributed by atoms with Gasteiger partial charge in [-0.15, -0.1) is 0 Å². The normalized spacial score (nSPS) is 12.3. The van der Waals surface area contributed by atoms with Crippen LogP contribution in [0.5, 0.6) is 5.75 Å². The number of hydrogen-bond acceptors (Lipinski definition) is 3. The number of para-hydroxylation sites is 1. The molecule has 0 aliphatic rings. The Hall–Kier alpha value is -1.69. The molecule has 0 saturated heterocycles. The number of amides is 1. The van der Waals surface area contributed by atoms with E-state index in [1.807, 2.05) is 6.92 Å². The summed E-state index contributed by atoms with van der Waals surface area (Å²) in [6.07, 6.45) is 1.30. The largest absolute Gasteiger partial charge is 0.433 e. The SMILES string of the molecule is CCCC(N)C(=O)Nc1c(C)cccc1OC(F)F. The minimum Gasteiger partial charge on any atom is -0.433 e. The number of carbonyl (C=O) groups excluding carboxylic acids is 1. The van der Waals surface area contributed by atoms with Crippen LogP contribution in [0.4, 0.5) is 14.5 Å². The second-order valence-corrected chi connectivity index (χ2v) is 4.21. The lowest BCUT2D eigenvalue weighted by Gasteiger charge is -2.16. The number of rotatable bonds is 6. The molecule has 106 valence electrons. The molecular formula is C13H18F2N2O2. The van der Waals surface area contributed by atoms with E-state index in [1.54, 1.807) is 19.1 Å². The topological polar surface area (TPSA) is 64.4 Å². The predicted octanol–water partition coefficient (Wildman–Crippen LogP) is 2.66. The van der Waals surface area contributed by atoms with E-state index < -0.39 is 18.6 Å². The number of benzene rings is 1. The van der Waals surface area contributed by atoms with Gasteiger partial charge in [-0.25, -0.2) is 0 Å². The maximum Gasteiger partial charge on any atom is 0.387 e. The first kappa shape index (κ1) is 15.4. The van der Waals surface area contributed by atoms with Crippen LogP contribution in [0.25, 0.3) is 0 Å². The number of anilines is 1. The summed E-state index contributed by atoms with van der Waals surface area (Å²) < 4.78 is 29.0. The minimum absolute atomic E-state index is 0.0629. The van der Waals surface area contributed by atoms with Gasteiger partial charge >= 0.3 is 6.61 Å². The van der Waals surface area contributed by atoms with Crippen LogP contribution in [-0.4, -0.2) is 18.6 Å². The average molecular weight is 272 g/mol. The van der Waals surface area contributed by atoms with Crippen LogP contribution < -0.4 is 15.8 Å². The zero-order chi connectivity index (χ0) is 14.4. The molecule has 0 fully saturated rings. The van der Waals surface area contributed by atoms with E-state index in [0.29, 0.717) is 12.0 Å². The molecule has 3 N–H and O–H groups in total. The number of halogens is 2. The molecule has 1 atom stereocenters. The highest BCUT2D eigenvalue weighted by molar-refractivity contribution is 5.96. The fourth-order valence-electron chi connectivity index (χ4n) is 1.65. The first-order valence-electron chi connectivity index (χ1n) is 6.06. The minimum atomic E-state index is -2.94. The standard InChI is InChI=1S/C13H18F2N2O2/c1-3-5-9(16)12(18)17-11-8(2)6-4-7-10(11)19-13(14)15/h4,6-7,9,13H,3,5,16H2,1-2H3,(H,17,18). The molecule has 0 bridgehead atoms. The number of nitrogens with two attached hydrogens (primary N) is 1. The number of alkyl halides is 2. The number of ether oxygens (including phenoxy) is 1. The second-order valence-electron chi connectivity index (χ2n) is 4.21. The van der Waals surface area contributed by atoms with Crippen molar-refractivity contribution in [1.82, 2.24) is 0 Å². The molecule has 0 aromatic heterocycles. The number of carbonyl (C=O) groups is 1. The molecular weight excluding hydrogens is 254 g/mol. The Bertz CT molecular complexity index is 439. The van der Waals surface area contributed by atoms with E-state index >= 15 is 0 Å². The first-order valence-corrected chi connectivity index (χ1v) is 6.06. The number of nitrogens with one attached hydrogen (secondary N) is 1. The molecule has 0 spiro atoms. The van der Waals surface area contributed by atoms with Crippen molar-refractivity contribution >= 4 is 11.6 Å². The van der Waals surface area contributed by atoms with Gasteiger partial charge in [-0.05, 0) is 25.0 Å². The monoisotopic (exact) mass is 272 g/mol. The molecule has 1 amide bonds. The van der Waals surface area contributed by atoms with Crippen molar-refractivity contribution in [3.05, 3.63) is 23.8 Å². The van der Waals surface area contributed by atoms with E-state index in [0.717, 1.165) is 6.42 Å². The van der Waals surface area contributed by atoms with Gasteiger partial charge in [0.15, 0.2) is 0 Å². The van der Waals surface area contributed by atoms with Gasteiger partial charge in [-0.1, -0.05) is 25.5 Å². The maximum atomic E-state index is 12.3. The van der Waals surface area contributed by atoms with Crippen LogP contribution >= 0.6 is 0 Å². The molecule has 0 heterocycles. The van der Waals surface area contributed by atoms with Gasteiger partial charge in [0, 0.05) is 0 Å². The van der Waals surface area contributed by atoms with Gasteiger partial charge in [0.2, 0.25) is 5.91 Å². The average Bonchev–Trinajstić information content (AvgIpc) is 2.33. The van der Waals surface area contributed by atoms with Crippen molar-refractivity contribution in [2.45, 2.75) is 39.3 Å². The fraction of sp³-hybridized carbons (Fsp3) is 0.462. The summed E-state index contributed by atoms with van der Waals surface area (Å²) in [6.45, 7) is 0.660. The lowest BCUT2D eigenvalue weighted by atomic mass is 10.1. The Labute approximate surface area is 110 Å². The Morgan fingerprint density at radius 3 is 2.74 bits per heavy atom. The summed E-state index contributed by atoms with van der Waals surface area (Å²) in [4.78, 5) is 11.8. The van der Waals surface area contributed by atoms with E-state index in [9.17, 15) is 13.6 Å². The summed E-state index contributed by atoms with van der Waals surface area (Å²) >= 11 is 0. The van der Waals surface area contributed by atoms with Gasteiger partial charge in [0.1, 0.15) is 5.75 Å². The lowest BCUT2D eigenvalue weighted by Crippen LogP contribution is -2.35. The van der Waals surface area contributed by atoms with E-state index in [1.165, 1.54) is 6.07 Å². The molecule has 19 heavy (non-hydrogen) atoms. The quantitative estimate of drug-likeness (QED) is 0.836. The highest BCUT2D eigenvalue weighted by Crippen LogP contribution is 2.29. The lowest BCUT2D eigenvalue weighted by molar-refractivity contribution is -0.117. The van der Waals surface area contributed by atoms with Crippen LogP contribution in [0, 0.1) is 6.92 Å². The van der Waals surface area contributed by atoms with Crippen LogP contribution in [0.15, 0.2) is 18.2 Å². The Kier molecular flexibility index (Phi) is 5.69. The molecule has 1 aromatic rings. The smallest absolute Gasteiger partial charge is 0.387 e. The summed E-state index contributed by atoms with van der Waals surface area (Å²) in [6, 6.07) is 3.98. The number of aryl methyl sites for hydroxylation is 1. The van der Waals surface area contributed by atoms with Crippen LogP contribution in [0.2, 0.25) is 0 Å². The molecule has 6 heteroatoms. The van der Waals surface area contributed by atoms with Gasteiger partial charge in [0.05, 0.1) is 11.7 Å². The van der Waals surface area contributed by atoms with Crippen molar-refractivity contribution in [2.24, 2.45) is 5.73 Å². The van der Waals surface area contributed by atoms with Gasteiger partial charge < -0.3 is 15.8 Å². The zero-order valence-electron chi connectivity index (χ0n) is 11.0. The summed E-state index contributed by atoms with van der Waals surface area (Å²) in [5.41, 5.74) is 6.55. The molecule has 0 aliphatic carbocycles. The van der Waals surface area contributed by atoms with Crippen molar-refractivity contribution in [3.63, 3.8) is 0 Å². The Morgan fingerprint density at radius 1 is 1.47 bits per heavy atom. The molecule has 0 saturated carbocycles. The summed E-state index contributed by atoms with van der Waals surface area (Å²) in [5.74, 6) is -0.470. The second kappa shape index (κ2) is 7.04.